The second kappa shape index (κ2) is 10.1. The molecule has 0 aromatic rings. The zero-order chi connectivity index (χ0) is 13.2. The highest BCUT2D eigenvalue weighted by atomic mass is 31.2. The molecule has 1 atom stereocenters. The van der Waals surface area contributed by atoms with Crippen LogP contribution in [0.1, 0.15) is 0 Å². The molecular weight excluding hydrogens is 247 g/mol. The number of phosphoric acid groups is 1. The Morgan fingerprint density at radius 2 is 1.31 bits per heavy atom. The van der Waals surface area contributed by atoms with Crippen molar-refractivity contribution >= 4 is 7.82 Å². The van der Waals surface area contributed by atoms with Crippen molar-refractivity contribution in [2.24, 2.45) is 0 Å². The summed E-state index contributed by atoms with van der Waals surface area (Å²) in [5.74, 6) is 0. The molecular formula is C6H17O9P. The van der Waals surface area contributed by atoms with Crippen LogP contribution < -0.4 is 0 Å². The third kappa shape index (κ3) is 16.3. The molecule has 0 rings (SSSR count). The molecule has 0 aromatic carbocycles. The molecule has 0 fully saturated rings. The fourth-order valence-corrected chi connectivity index (χ4v) is 0.660. The molecule has 0 spiro atoms. The van der Waals surface area contributed by atoms with E-state index in [0.717, 1.165) is 0 Å². The van der Waals surface area contributed by atoms with Crippen molar-refractivity contribution < 1.29 is 44.4 Å². The van der Waals surface area contributed by atoms with Gasteiger partial charge in [0.1, 0.15) is 12.2 Å². The van der Waals surface area contributed by atoms with E-state index in [-0.39, 0.29) is 13.2 Å². The third-order valence-electron chi connectivity index (χ3n) is 1.07. The van der Waals surface area contributed by atoms with E-state index in [2.05, 4.69) is 4.52 Å². The molecule has 0 bridgehead atoms. The molecule has 0 saturated carbocycles. The first-order chi connectivity index (χ1) is 7.26. The molecule has 100 valence electrons. The van der Waals surface area contributed by atoms with Gasteiger partial charge in [0.25, 0.3) is 0 Å². The van der Waals surface area contributed by atoms with Gasteiger partial charge in [0, 0.05) is 0 Å². The Morgan fingerprint density at radius 3 is 1.50 bits per heavy atom. The van der Waals surface area contributed by atoms with Gasteiger partial charge in [-0.2, -0.15) is 0 Å². The highest BCUT2D eigenvalue weighted by Gasteiger charge is 2.15. The lowest BCUT2D eigenvalue weighted by Gasteiger charge is -2.07. The minimum Gasteiger partial charge on any atom is -0.394 e. The normalized spacial score (nSPS) is 13.2. The first kappa shape index (κ1) is 18.3. The summed E-state index contributed by atoms with van der Waals surface area (Å²) < 4.78 is 13.8. The molecule has 1 unspecified atom stereocenters. The monoisotopic (exact) mass is 264 g/mol. The smallest absolute Gasteiger partial charge is 0.394 e. The van der Waals surface area contributed by atoms with E-state index >= 15 is 0 Å². The Hall–Kier alpha value is -0.0900. The van der Waals surface area contributed by atoms with Crippen LogP contribution in [0.2, 0.25) is 0 Å². The largest absolute Gasteiger partial charge is 0.469 e. The van der Waals surface area contributed by atoms with Gasteiger partial charge in [-0.3, -0.25) is 4.52 Å². The molecule has 0 heterocycles. The van der Waals surface area contributed by atoms with E-state index in [1.165, 1.54) is 0 Å². The molecule has 10 heteroatoms. The summed E-state index contributed by atoms with van der Waals surface area (Å²) in [4.78, 5) is 16.1. The summed E-state index contributed by atoms with van der Waals surface area (Å²) in [6.45, 7) is -1.88. The lowest BCUT2D eigenvalue weighted by Crippen LogP contribution is -2.18. The fraction of sp³-hybridized carbons (Fsp3) is 1.00. The van der Waals surface area contributed by atoms with E-state index in [1.54, 1.807) is 0 Å². The summed E-state index contributed by atoms with van der Waals surface area (Å²) in [5, 5.41) is 40.7. The molecule has 0 aliphatic rings. The number of aliphatic hydroxyl groups is 5. The molecule has 7 N–H and O–H groups in total. The lowest BCUT2D eigenvalue weighted by molar-refractivity contribution is 0.0419. The van der Waals surface area contributed by atoms with Crippen LogP contribution in [0.3, 0.4) is 0 Å². The lowest BCUT2D eigenvalue weighted by atomic mass is 10.4. The van der Waals surface area contributed by atoms with Crippen LogP contribution in [0.25, 0.3) is 0 Å². The van der Waals surface area contributed by atoms with E-state index in [4.69, 9.17) is 35.3 Å². The van der Waals surface area contributed by atoms with Crippen molar-refractivity contribution in [1.82, 2.24) is 0 Å². The topological polar surface area (TPSA) is 168 Å². The minimum atomic E-state index is -4.50. The number of hydrogen-bond acceptors (Lipinski definition) is 7. The van der Waals surface area contributed by atoms with Crippen molar-refractivity contribution in [2.75, 3.05) is 26.4 Å². The third-order valence-corrected chi connectivity index (χ3v) is 1.55. The van der Waals surface area contributed by atoms with Crippen molar-refractivity contribution in [3.05, 3.63) is 0 Å². The van der Waals surface area contributed by atoms with Crippen LogP contribution in [0.5, 0.6) is 0 Å². The van der Waals surface area contributed by atoms with Gasteiger partial charge in [-0.25, -0.2) is 4.57 Å². The molecule has 9 nitrogen and oxygen atoms in total. The molecule has 0 aliphatic heterocycles. The Morgan fingerprint density at radius 1 is 0.938 bits per heavy atom. The fourth-order valence-electron chi connectivity index (χ4n) is 0.294. The van der Waals surface area contributed by atoms with Crippen molar-refractivity contribution in [3.8, 4) is 0 Å². The summed E-state index contributed by atoms with van der Waals surface area (Å²) in [5.41, 5.74) is 0. The van der Waals surface area contributed by atoms with Gasteiger partial charge >= 0.3 is 7.82 Å². The van der Waals surface area contributed by atoms with Gasteiger partial charge in [0.15, 0.2) is 0 Å². The van der Waals surface area contributed by atoms with Crippen LogP contribution in [0, 0.1) is 0 Å². The average molecular weight is 264 g/mol. The van der Waals surface area contributed by atoms with Crippen LogP contribution >= 0.6 is 7.82 Å². The van der Waals surface area contributed by atoms with Crippen molar-refractivity contribution in [1.29, 1.82) is 0 Å². The SMILES string of the molecule is O=P(O)(O)OCC(O)CO.OCC(O)CO. The van der Waals surface area contributed by atoms with Gasteiger partial charge in [0.2, 0.25) is 0 Å². The van der Waals surface area contributed by atoms with Gasteiger partial charge in [-0.15, -0.1) is 0 Å². The second-order valence-corrected chi connectivity index (χ2v) is 3.88. The molecule has 0 aromatic heterocycles. The predicted molar refractivity (Wildman–Crippen MR) is 51.3 cm³/mol. The first-order valence-electron chi connectivity index (χ1n) is 4.15. The Balaban J connectivity index is 0. The maximum atomic E-state index is 9.93. The summed E-state index contributed by atoms with van der Waals surface area (Å²) >= 11 is 0. The van der Waals surface area contributed by atoms with Crippen LogP contribution in [0.4, 0.5) is 0 Å². The molecule has 16 heavy (non-hydrogen) atoms. The van der Waals surface area contributed by atoms with E-state index < -0.39 is 33.2 Å². The van der Waals surface area contributed by atoms with Crippen molar-refractivity contribution in [3.63, 3.8) is 0 Å². The Kier molecular flexibility index (Phi) is 11.5. The highest BCUT2D eigenvalue weighted by Crippen LogP contribution is 2.35. The zero-order valence-electron chi connectivity index (χ0n) is 8.38. The molecule has 0 amide bonds. The number of phosphoric ester groups is 1. The van der Waals surface area contributed by atoms with Crippen LogP contribution in [-0.2, 0) is 9.09 Å². The maximum Gasteiger partial charge on any atom is 0.469 e. The molecule has 0 radical (unpaired) electrons. The van der Waals surface area contributed by atoms with Crippen LogP contribution in [0.15, 0.2) is 0 Å². The average Bonchev–Trinajstić information content (AvgIpc) is 2.24. The summed E-state index contributed by atoms with van der Waals surface area (Å²) in [6.07, 6.45) is -2.20. The summed E-state index contributed by atoms with van der Waals surface area (Å²) in [6, 6.07) is 0. The van der Waals surface area contributed by atoms with Crippen LogP contribution in [-0.4, -0.2) is 74.0 Å². The van der Waals surface area contributed by atoms with Gasteiger partial charge in [-0.05, 0) is 0 Å². The quantitative estimate of drug-likeness (QED) is 0.244. The number of hydrogen-bond donors (Lipinski definition) is 7. The van der Waals surface area contributed by atoms with Gasteiger partial charge < -0.3 is 35.3 Å². The Bertz CT molecular complexity index is 188. The minimum absolute atomic E-state index is 0.365. The predicted octanol–water partition coefficient (Wildman–Crippen LogP) is -3.22. The van der Waals surface area contributed by atoms with E-state index in [9.17, 15) is 4.57 Å². The number of rotatable bonds is 6. The highest BCUT2D eigenvalue weighted by molar-refractivity contribution is 7.46. The standard InChI is InChI=1S/C3H9O6P.C3H8O3/c4-1-3(5)2-9-10(6,7)8;4-1-3(6)2-5/h3-5H,1-2H2,(H2,6,7,8);3-6H,1-2H2. The maximum absolute atomic E-state index is 9.93. The zero-order valence-corrected chi connectivity index (χ0v) is 9.27. The van der Waals surface area contributed by atoms with Gasteiger partial charge in [-0.1, -0.05) is 0 Å². The van der Waals surface area contributed by atoms with E-state index in [0.29, 0.717) is 0 Å². The van der Waals surface area contributed by atoms with Gasteiger partial charge in [0.05, 0.1) is 26.4 Å². The molecule has 0 saturated heterocycles. The number of aliphatic hydroxyl groups excluding tert-OH is 5. The second-order valence-electron chi connectivity index (χ2n) is 2.64. The first-order valence-corrected chi connectivity index (χ1v) is 5.68. The van der Waals surface area contributed by atoms with E-state index in [1.807, 2.05) is 0 Å². The Labute approximate surface area is 91.8 Å². The molecule has 0 aliphatic carbocycles. The van der Waals surface area contributed by atoms with Crippen molar-refractivity contribution in [2.45, 2.75) is 12.2 Å². The summed E-state index contributed by atoms with van der Waals surface area (Å²) in [7, 11) is -4.50.